The van der Waals surface area contributed by atoms with Gasteiger partial charge in [0, 0.05) is 19.2 Å². The lowest BCUT2D eigenvalue weighted by Gasteiger charge is -2.25. The van der Waals surface area contributed by atoms with Crippen LogP contribution in [0.4, 0.5) is 13.2 Å². The molecule has 0 aromatic rings. The van der Waals surface area contributed by atoms with Crippen LogP contribution < -0.4 is 0 Å². The maximum atomic E-state index is 11.9. The van der Waals surface area contributed by atoms with E-state index in [1.165, 1.54) is 0 Å². The largest absolute Gasteiger partial charge is 0.480 e. The predicted octanol–water partition coefficient (Wildman–Crippen LogP) is 2.25. The Kier molecular flexibility index (Phi) is 10.8. The van der Waals surface area contributed by atoms with Gasteiger partial charge >= 0.3 is 12.1 Å². The summed E-state index contributed by atoms with van der Waals surface area (Å²) < 4.78 is 40.4. The van der Waals surface area contributed by atoms with Crippen LogP contribution in [0.3, 0.4) is 0 Å². The number of ether oxygens (including phenoxy) is 1. The summed E-state index contributed by atoms with van der Waals surface area (Å²) in [6, 6.07) is 0.252. The van der Waals surface area contributed by atoms with E-state index in [2.05, 4.69) is 9.64 Å². The van der Waals surface area contributed by atoms with Crippen molar-refractivity contribution in [3.8, 4) is 0 Å². The summed E-state index contributed by atoms with van der Waals surface area (Å²) in [5.74, 6) is -0.828. The molecule has 0 radical (unpaired) electrons. The molecule has 0 bridgehead atoms. The zero-order valence-electron chi connectivity index (χ0n) is 13.3. The third-order valence-electron chi connectivity index (χ3n) is 3.83. The fourth-order valence-electron chi connectivity index (χ4n) is 2.72. The van der Waals surface area contributed by atoms with Crippen LogP contribution >= 0.6 is 12.4 Å². The Bertz CT molecular complexity index is 346. The van der Waals surface area contributed by atoms with E-state index in [-0.39, 0.29) is 31.6 Å². The van der Waals surface area contributed by atoms with Gasteiger partial charge in [0.1, 0.15) is 6.61 Å². The van der Waals surface area contributed by atoms with Crippen molar-refractivity contribution in [1.82, 2.24) is 9.80 Å². The van der Waals surface area contributed by atoms with E-state index in [1.807, 2.05) is 11.9 Å². The summed E-state index contributed by atoms with van der Waals surface area (Å²) in [4.78, 5) is 14.8. The molecule has 0 aromatic heterocycles. The average Bonchev–Trinajstić information content (AvgIpc) is 2.62. The topological polar surface area (TPSA) is 53.0 Å². The van der Waals surface area contributed by atoms with Crippen molar-refractivity contribution in [2.75, 3.05) is 46.4 Å². The summed E-state index contributed by atoms with van der Waals surface area (Å²) >= 11 is 0. The minimum atomic E-state index is -4.26. The first-order valence-corrected chi connectivity index (χ1v) is 7.57. The van der Waals surface area contributed by atoms with Crippen LogP contribution in [0.5, 0.6) is 0 Å². The van der Waals surface area contributed by atoms with Crippen molar-refractivity contribution < 1.29 is 27.8 Å². The summed E-state index contributed by atoms with van der Waals surface area (Å²) in [5.41, 5.74) is 0. The van der Waals surface area contributed by atoms with Gasteiger partial charge in [-0.1, -0.05) is 0 Å². The molecule has 0 spiro atoms. The molecule has 1 unspecified atom stereocenters. The Morgan fingerprint density at radius 3 is 2.65 bits per heavy atom. The molecule has 138 valence electrons. The van der Waals surface area contributed by atoms with E-state index < -0.39 is 18.8 Å². The number of likely N-dealkylation sites (tertiary alicyclic amines) is 1. The van der Waals surface area contributed by atoms with Gasteiger partial charge in [0.25, 0.3) is 0 Å². The van der Waals surface area contributed by atoms with Gasteiger partial charge in [0.05, 0.1) is 6.54 Å². The number of carbonyl (C=O) groups is 1. The van der Waals surface area contributed by atoms with Crippen LogP contribution in [0.1, 0.15) is 25.7 Å². The lowest BCUT2D eigenvalue weighted by Crippen LogP contribution is -2.36. The van der Waals surface area contributed by atoms with Gasteiger partial charge in [-0.25, -0.2) is 0 Å². The zero-order chi connectivity index (χ0) is 16.6. The molecule has 9 heteroatoms. The lowest BCUT2D eigenvalue weighted by atomic mass is 10.1. The summed E-state index contributed by atoms with van der Waals surface area (Å²) in [6.07, 6.45) is -0.883. The third-order valence-corrected chi connectivity index (χ3v) is 3.83. The van der Waals surface area contributed by atoms with Gasteiger partial charge < -0.3 is 14.7 Å². The third kappa shape index (κ3) is 10.8. The fraction of sp³-hybridized carbons (Fsp3) is 0.929. The Balaban J connectivity index is 0.00000484. The fourth-order valence-corrected chi connectivity index (χ4v) is 2.72. The molecule has 1 aliphatic heterocycles. The number of rotatable bonds is 8. The number of hydrogen-bond donors (Lipinski definition) is 1. The molecule has 1 N–H and O–H groups in total. The highest BCUT2D eigenvalue weighted by atomic mass is 35.5. The highest BCUT2D eigenvalue weighted by Gasteiger charge is 2.27. The molecule has 1 fully saturated rings. The second kappa shape index (κ2) is 11.1. The van der Waals surface area contributed by atoms with Gasteiger partial charge in [-0.05, 0) is 45.8 Å². The van der Waals surface area contributed by atoms with Crippen molar-refractivity contribution in [1.29, 1.82) is 0 Å². The highest BCUT2D eigenvalue weighted by molar-refractivity contribution is 5.85. The van der Waals surface area contributed by atoms with Crippen LogP contribution in [0.25, 0.3) is 0 Å². The van der Waals surface area contributed by atoms with Crippen LogP contribution in [0.15, 0.2) is 0 Å². The lowest BCUT2D eigenvalue weighted by molar-refractivity contribution is -0.174. The van der Waals surface area contributed by atoms with Gasteiger partial charge in [0.2, 0.25) is 0 Å². The number of alkyl halides is 3. The first-order valence-electron chi connectivity index (χ1n) is 7.57. The van der Waals surface area contributed by atoms with E-state index >= 15 is 0 Å². The minimum absolute atomic E-state index is 0. The SMILES string of the molecule is CN(CC(=O)O)C1CCCN(CCCOCC(F)(F)F)CC1.Cl. The number of carboxylic acids is 1. The molecule has 0 amide bonds. The Labute approximate surface area is 141 Å². The Morgan fingerprint density at radius 1 is 1.35 bits per heavy atom. The zero-order valence-corrected chi connectivity index (χ0v) is 14.2. The standard InChI is InChI=1S/C14H25F3N2O3.ClH/c1-18(10-13(20)21)12-4-2-6-19(8-5-12)7-3-9-22-11-14(15,16)17;/h12H,2-11H2,1H3,(H,20,21);1H. The van der Waals surface area contributed by atoms with Gasteiger partial charge in [-0.3, -0.25) is 9.69 Å². The number of hydrogen-bond acceptors (Lipinski definition) is 4. The highest BCUT2D eigenvalue weighted by Crippen LogP contribution is 2.16. The number of nitrogens with zero attached hydrogens (tertiary/aromatic N) is 2. The van der Waals surface area contributed by atoms with Crippen LogP contribution in [0.2, 0.25) is 0 Å². The minimum Gasteiger partial charge on any atom is -0.480 e. The molecular formula is C14H26ClF3N2O3. The number of aliphatic carboxylic acids is 1. The van der Waals surface area contributed by atoms with Crippen molar-refractivity contribution in [2.45, 2.75) is 37.9 Å². The molecule has 0 aromatic carbocycles. The molecule has 1 saturated heterocycles. The van der Waals surface area contributed by atoms with Gasteiger partial charge in [0.15, 0.2) is 0 Å². The van der Waals surface area contributed by atoms with Crippen molar-refractivity contribution in [3.63, 3.8) is 0 Å². The second-order valence-corrected chi connectivity index (χ2v) is 5.76. The number of halogens is 4. The smallest absolute Gasteiger partial charge is 0.411 e. The van der Waals surface area contributed by atoms with Crippen LogP contribution in [-0.2, 0) is 9.53 Å². The molecule has 0 saturated carbocycles. The predicted molar refractivity (Wildman–Crippen MR) is 83.1 cm³/mol. The number of carboxylic acid groups (broad SMARTS) is 1. The maximum absolute atomic E-state index is 11.9. The van der Waals surface area contributed by atoms with E-state index in [4.69, 9.17) is 5.11 Å². The second-order valence-electron chi connectivity index (χ2n) is 5.76. The normalized spacial score (nSPS) is 20.1. The first-order chi connectivity index (χ1) is 10.3. The molecule has 1 rings (SSSR count). The average molecular weight is 363 g/mol. The maximum Gasteiger partial charge on any atom is 0.411 e. The Hall–Kier alpha value is -0.570. The van der Waals surface area contributed by atoms with Crippen molar-refractivity contribution >= 4 is 18.4 Å². The van der Waals surface area contributed by atoms with E-state index in [0.717, 1.165) is 32.4 Å². The van der Waals surface area contributed by atoms with E-state index in [0.29, 0.717) is 13.0 Å². The molecule has 1 aliphatic rings. The molecular weight excluding hydrogens is 337 g/mol. The summed E-state index contributed by atoms with van der Waals surface area (Å²) in [5, 5.41) is 8.81. The number of likely N-dealkylation sites (N-methyl/N-ethyl adjacent to an activating group) is 1. The van der Waals surface area contributed by atoms with Crippen LogP contribution in [-0.4, -0.2) is 79.5 Å². The van der Waals surface area contributed by atoms with Gasteiger partial charge in [-0.2, -0.15) is 13.2 Å². The van der Waals surface area contributed by atoms with E-state index in [9.17, 15) is 18.0 Å². The quantitative estimate of drug-likeness (QED) is 0.671. The van der Waals surface area contributed by atoms with Crippen molar-refractivity contribution in [3.05, 3.63) is 0 Å². The molecule has 23 heavy (non-hydrogen) atoms. The monoisotopic (exact) mass is 362 g/mol. The summed E-state index contributed by atoms with van der Waals surface area (Å²) in [7, 11) is 1.82. The molecule has 5 nitrogen and oxygen atoms in total. The first kappa shape index (κ1) is 22.4. The summed E-state index contributed by atoms with van der Waals surface area (Å²) in [6.45, 7) is 1.42. The molecule has 1 heterocycles. The molecule has 1 atom stereocenters. The van der Waals surface area contributed by atoms with Crippen LogP contribution in [0, 0.1) is 0 Å². The van der Waals surface area contributed by atoms with Crippen molar-refractivity contribution in [2.24, 2.45) is 0 Å². The van der Waals surface area contributed by atoms with E-state index in [1.54, 1.807) is 0 Å². The molecule has 0 aliphatic carbocycles. The van der Waals surface area contributed by atoms with Gasteiger partial charge in [-0.15, -0.1) is 12.4 Å². The Morgan fingerprint density at radius 2 is 2.04 bits per heavy atom.